The first-order chi connectivity index (χ1) is 12.7. The van der Waals surface area contributed by atoms with Gasteiger partial charge in [-0.05, 0) is 17.5 Å². The van der Waals surface area contributed by atoms with Crippen molar-refractivity contribution in [2.45, 2.75) is 6.54 Å². The Bertz CT molecular complexity index is 1140. The molecule has 4 rings (SSSR count). The van der Waals surface area contributed by atoms with E-state index >= 15 is 0 Å². The van der Waals surface area contributed by atoms with Crippen molar-refractivity contribution in [2.24, 2.45) is 0 Å². The molecule has 130 valence electrons. The summed E-state index contributed by atoms with van der Waals surface area (Å²) in [6.07, 6.45) is 1.50. The Morgan fingerprint density at radius 1 is 1.23 bits per heavy atom. The lowest BCUT2D eigenvalue weighted by molar-refractivity contribution is 0.0957. The van der Waals surface area contributed by atoms with Gasteiger partial charge in [0.05, 0.1) is 16.8 Å². The Kier molecular flexibility index (Phi) is 4.10. The molecule has 0 unspecified atom stereocenters. The Hall–Kier alpha value is -3.26. The maximum absolute atomic E-state index is 12.7. The monoisotopic (exact) mass is 366 g/mol. The Balaban J connectivity index is 1.78. The highest BCUT2D eigenvalue weighted by molar-refractivity contribution is 7.13. The van der Waals surface area contributed by atoms with E-state index in [1.54, 1.807) is 24.3 Å². The second-order valence-electron chi connectivity index (χ2n) is 5.56. The molecule has 0 fully saturated rings. The predicted octanol–water partition coefficient (Wildman–Crippen LogP) is 2.52. The maximum Gasteiger partial charge on any atom is 0.275 e. The number of nitrogens with zero attached hydrogens (tertiary/aromatic N) is 3. The molecule has 0 spiro atoms. The molecule has 1 amide bonds. The quantitative estimate of drug-likeness (QED) is 0.599. The van der Waals surface area contributed by atoms with Gasteiger partial charge in [-0.3, -0.25) is 9.59 Å². The van der Waals surface area contributed by atoms with Gasteiger partial charge in [0.1, 0.15) is 12.0 Å². The molecule has 26 heavy (non-hydrogen) atoms. The summed E-state index contributed by atoms with van der Waals surface area (Å²) in [7, 11) is 1.53. The van der Waals surface area contributed by atoms with Crippen molar-refractivity contribution >= 4 is 28.0 Å². The van der Waals surface area contributed by atoms with Crippen molar-refractivity contribution in [2.75, 3.05) is 7.05 Å². The van der Waals surface area contributed by atoms with E-state index in [9.17, 15) is 9.59 Å². The van der Waals surface area contributed by atoms with Gasteiger partial charge in [-0.25, -0.2) is 9.67 Å². The van der Waals surface area contributed by atoms with Crippen LogP contribution in [0.4, 0.5) is 0 Å². The van der Waals surface area contributed by atoms with E-state index in [1.165, 1.54) is 29.3 Å². The highest BCUT2D eigenvalue weighted by atomic mass is 32.1. The molecule has 1 aromatic carbocycles. The number of hydrogen-bond acceptors (Lipinski definition) is 6. The normalized spacial score (nSPS) is 11.0. The number of benzene rings is 1. The fraction of sp³-hybridized carbons (Fsp3) is 0.111. The van der Waals surface area contributed by atoms with Crippen LogP contribution in [0.25, 0.3) is 21.5 Å². The first-order valence-electron chi connectivity index (χ1n) is 7.87. The average molecular weight is 366 g/mol. The molecule has 0 aliphatic heterocycles. The van der Waals surface area contributed by atoms with Crippen LogP contribution in [0.1, 0.15) is 16.2 Å². The number of oxazole rings is 1. The number of amides is 1. The maximum atomic E-state index is 12.7. The van der Waals surface area contributed by atoms with Crippen LogP contribution >= 0.6 is 11.3 Å². The van der Waals surface area contributed by atoms with Crippen molar-refractivity contribution in [3.8, 4) is 10.8 Å². The van der Waals surface area contributed by atoms with Crippen LogP contribution < -0.4 is 10.9 Å². The fourth-order valence-corrected chi connectivity index (χ4v) is 3.33. The molecular weight excluding hydrogens is 352 g/mol. The molecule has 3 aromatic heterocycles. The summed E-state index contributed by atoms with van der Waals surface area (Å²) in [6.45, 7) is 0.114. The van der Waals surface area contributed by atoms with Crippen molar-refractivity contribution in [3.63, 3.8) is 0 Å². The van der Waals surface area contributed by atoms with Crippen molar-refractivity contribution in [1.82, 2.24) is 20.1 Å². The van der Waals surface area contributed by atoms with Gasteiger partial charge in [-0.1, -0.05) is 24.3 Å². The Morgan fingerprint density at radius 3 is 2.77 bits per heavy atom. The lowest BCUT2D eigenvalue weighted by Crippen LogP contribution is -2.29. The van der Waals surface area contributed by atoms with E-state index in [2.05, 4.69) is 15.4 Å². The first-order valence-corrected chi connectivity index (χ1v) is 8.75. The lowest BCUT2D eigenvalue weighted by atomic mass is 10.1. The zero-order valence-corrected chi connectivity index (χ0v) is 14.6. The van der Waals surface area contributed by atoms with E-state index in [4.69, 9.17) is 4.42 Å². The third-order valence-electron chi connectivity index (χ3n) is 3.91. The number of carbonyl (C=O) groups excluding carboxylic acids is 1. The van der Waals surface area contributed by atoms with Crippen LogP contribution in [0.15, 0.2) is 57.3 Å². The second kappa shape index (κ2) is 6.57. The third-order valence-corrected chi connectivity index (χ3v) is 4.76. The molecule has 8 heteroatoms. The molecule has 0 aliphatic rings. The first kappa shape index (κ1) is 16.2. The number of fused-ring (bicyclic) bond motifs is 1. The Labute approximate surface area is 151 Å². The van der Waals surface area contributed by atoms with Gasteiger partial charge in [0.25, 0.3) is 11.5 Å². The van der Waals surface area contributed by atoms with Crippen LogP contribution in [0.2, 0.25) is 0 Å². The number of nitrogens with one attached hydrogen (secondary N) is 1. The summed E-state index contributed by atoms with van der Waals surface area (Å²) in [6, 6.07) is 10.7. The highest BCUT2D eigenvalue weighted by Crippen LogP contribution is 2.23. The third kappa shape index (κ3) is 2.80. The second-order valence-corrected chi connectivity index (χ2v) is 6.51. The zero-order chi connectivity index (χ0) is 18.1. The van der Waals surface area contributed by atoms with Gasteiger partial charge < -0.3 is 9.73 Å². The molecule has 0 atom stereocenters. The van der Waals surface area contributed by atoms with E-state index in [-0.39, 0.29) is 23.7 Å². The molecule has 4 aromatic rings. The van der Waals surface area contributed by atoms with Crippen LogP contribution in [0.3, 0.4) is 0 Å². The van der Waals surface area contributed by atoms with Gasteiger partial charge in [0, 0.05) is 12.4 Å². The molecule has 7 nitrogen and oxygen atoms in total. The van der Waals surface area contributed by atoms with E-state index in [1.807, 2.05) is 17.5 Å². The highest BCUT2D eigenvalue weighted by Gasteiger charge is 2.17. The molecule has 0 radical (unpaired) electrons. The van der Waals surface area contributed by atoms with Crippen LogP contribution in [-0.4, -0.2) is 27.7 Å². The lowest BCUT2D eigenvalue weighted by Gasteiger charge is -2.09. The van der Waals surface area contributed by atoms with Crippen LogP contribution in [0, 0.1) is 0 Å². The fourth-order valence-electron chi connectivity index (χ4n) is 2.67. The molecule has 0 bridgehead atoms. The zero-order valence-electron chi connectivity index (χ0n) is 13.8. The number of carbonyl (C=O) groups is 1. The summed E-state index contributed by atoms with van der Waals surface area (Å²) in [5.41, 5.74) is 0.472. The summed E-state index contributed by atoms with van der Waals surface area (Å²) < 4.78 is 6.72. The number of aromatic nitrogens is 3. The van der Waals surface area contributed by atoms with Crippen LogP contribution in [0.5, 0.6) is 0 Å². The van der Waals surface area contributed by atoms with E-state index in [0.717, 1.165) is 4.88 Å². The van der Waals surface area contributed by atoms with Gasteiger partial charge in [-0.2, -0.15) is 5.10 Å². The minimum atomic E-state index is -0.352. The van der Waals surface area contributed by atoms with Crippen LogP contribution in [-0.2, 0) is 6.54 Å². The average Bonchev–Trinajstić information content (AvgIpc) is 3.35. The number of thiophene rings is 1. The minimum Gasteiger partial charge on any atom is -0.443 e. The van der Waals surface area contributed by atoms with Crippen molar-refractivity contribution in [1.29, 1.82) is 0 Å². The van der Waals surface area contributed by atoms with E-state index in [0.29, 0.717) is 22.4 Å². The number of hydrogen-bond donors (Lipinski definition) is 1. The summed E-state index contributed by atoms with van der Waals surface area (Å²) in [4.78, 5) is 30.2. The predicted molar refractivity (Wildman–Crippen MR) is 98.3 cm³/mol. The standard InChI is InChI=1S/C18H14N4O3S/c1-19-16(23)15-12-5-2-3-6-13(12)18(24)22(21-15)9-11-10-25-17(20-11)14-7-4-8-26-14/h2-8,10H,9H2,1H3,(H,19,23). The number of rotatable bonds is 4. The summed E-state index contributed by atoms with van der Waals surface area (Å²) >= 11 is 1.52. The topological polar surface area (TPSA) is 90.0 Å². The van der Waals surface area contributed by atoms with Crippen molar-refractivity contribution in [3.05, 3.63) is 69.8 Å². The summed E-state index contributed by atoms with van der Waals surface area (Å²) in [5.74, 6) is 0.143. The van der Waals surface area contributed by atoms with Gasteiger partial charge in [-0.15, -0.1) is 11.3 Å². The molecular formula is C18H14N4O3S. The molecule has 3 heterocycles. The summed E-state index contributed by atoms with van der Waals surface area (Å²) in [5, 5.41) is 9.70. The van der Waals surface area contributed by atoms with Gasteiger partial charge in [0.15, 0.2) is 5.69 Å². The molecule has 1 N–H and O–H groups in total. The smallest absolute Gasteiger partial charge is 0.275 e. The molecule has 0 aliphatic carbocycles. The van der Waals surface area contributed by atoms with Crippen molar-refractivity contribution < 1.29 is 9.21 Å². The van der Waals surface area contributed by atoms with E-state index < -0.39 is 0 Å². The molecule has 0 saturated heterocycles. The minimum absolute atomic E-state index is 0.114. The Morgan fingerprint density at radius 2 is 2.04 bits per heavy atom. The molecule has 0 saturated carbocycles. The SMILES string of the molecule is CNC(=O)c1nn(Cc2coc(-c3cccs3)n2)c(=O)c2ccccc12. The largest absolute Gasteiger partial charge is 0.443 e. The van der Waals surface area contributed by atoms with Gasteiger partial charge >= 0.3 is 0 Å². The van der Waals surface area contributed by atoms with Gasteiger partial charge in [0.2, 0.25) is 5.89 Å².